The van der Waals surface area contributed by atoms with Gasteiger partial charge in [0.2, 0.25) is 6.29 Å². The molecule has 10 atom stereocenters. The normalized spacial score (nSPS) is 29.5. The van der Waals surface area contributed by atoms with E-state index >= 15 is 0 Å². The predicted molar refractivity (Wildman–Crippen MR) is 175 cm³/mol. The maximum Gasteiger partial charge on any atom is 0.439 e. The summed E-state index contributed by atoms with van der Waals surface area (Å²) >= 11 is 0. The van der Waals surface area contributed by atoms with Crippen molar-refractivity contribution in [1.29, 1.82) is 0 Å². The third-order valence-electron chi connectivity index (χ3n) is 8.60. The Bertz CT molecular complexity index is 1950. The van der Waals surface area contributed by atoms with E-state index in [1.54, 1.807) is 36.4 Å². The fraction of sp³-hybridized carbons (Fsp3) is 0.371. The Morgan fingerprint density at radius 3 is 2.25 bits per heavy atom. The second-order valence-electron chi connectivity index (χ2n) is 12.1. The highest BCUT2D eigenvalue weighted by atomic mass is 16.8. The highest BCUT2D eigenvalue weighted by molar-refractivity contribution is 5.87. The van der Waals surface area contributed by atoms with Gasteiger partial charge in [0.05, 0.1) is 30.6 Å². The highest BCUT2D eigenvalue weighted by Crippen LogP contribution is 2.36. The van der Waals surface area contributed by atoms with Crippen molar-refractivity contribution in [2.45, 2.75) is 68.3 Å². The topological polar surface area (TPSA) is 260 Å². The molecule has 0 radical (unpaired) electrons. The number of fused-ring (bicyclic) bond motifs is 1. The smallest absolute Gasteiger partial charge is 0.439 e. The number of nitrogens with zero attached hydrogens (tertiary/aromatic N) is 1. The van der Waals surface area contributed by atoms with E-state index in [9.17, 15) is 45.6 Å². The van der Waals surface area contributed by atoms with Gasteiger partial charge in [-0.1, -0.05) is 18.2 Å². The Balaban J connectivity index is 1.40. The summed E-state index contributed by atoms with van der Waals surface area (Å²) in [6.45, 7) is 0.662. The van der Waals surface area contributed by atoms with Crippen LogP contribution in [0.15, 0.2) is 76.1 Å². The Morgan fingerprint density at radius 1 is 0.808 bits per heavy atom. The third-order valence-corrected chi connectivity index (χ3v) is 8.60. The van der Waals surface area contributed by atoms with Crippen LogP contribution in [0.1, 0.15) is 6.92 Å². The Kier molecular flexibility index (Phi) is 11.0. The largest absolute Gasteiger partial charge is 0.507 e. The molecule has 1 amide bonds. The van der Waals surface area contributed by atoms with Crippen molar-refractivity contribution >= 4 is 17.1 Å². The van der Waals surface area contributed by atoms with E-state index in [0.717, 1.165) is 6.07 Å². The zero-order valence-electron chi connectivity index (χ0n) is 27.6. The first-order valence-corrected chi connectivity index (χ1v) is 16.0. The van der Waals surface area contributed by atoms with Crippen LogP contribution in [-0.2, 0) is 14.2 Å². The summed E-state index contributed by atoms with van der Waals surface area (Å²) < 4.78 is 39.5. The van der Waals surface area contributed by atoms with E-state index in [1.165, 1.54) is 38.3 Å². The van der Waals surface area contributed by atoms with Gasteiger partial charge < -0.3 is 73.7 Å². The van der Waals surface area contributed by atoms with Crippen LogP contribution in [0.2, 0.25) is 0 Å². The molecule has 2 fully saturated rings. The minimum Gasteiger partial charge on any atom is -0.507 e. The Hall–Kier alpha value is -4.82. The molecule has 2 saturated heterocycles. The monoisotopic (exact) mass is 727 g/mol. The van der Waals surface area contributed by atoms with E-state index in [4.69, 9.17) is 32.8 Å². The molecular formula is C35H37NO16. The number of phenols is 2. The molecule has 2 aliphatic rings. The number of ether oxygens (including phenoxy) is 6. The SMILES string of the molecule is COc1ccc(-c2c/c(=N\C(=O)Oc3ccccc3)c3c(O)cc(O[C@@H]4O[C@H](CO)[C@@H](O)[C@H](O)[C@H]4O[C@@H]4O[C@@H](C)[C@H](O)[C@@H](O)[C@H]4O)cc3o2)cc1O. The van der Waals surface area contributed by atoms with E-state index < -0.39 is 79.9 Å². The lowest BCUT2D eigenvalue weighted by Crippen LogP contribution is -2.64. The number of aliphatic hydroxyl groups excluding tert-OH is 6. The molecule has 278 valence electrons. The van der Waals surface area contributed by atoms with Crippen molar-refractivity contribution in [2.24, 2.45) is 4.99 Å². The first-order valence-electron chi connectivity index (χ1n) is 16.0. The number of hydrogen-bond acceptors (Lipinski definition) is 16. The standard InChI is InChI=1S/C35H37NO16/c1-15-27(40)29(42)31(44)33(47-15)52-32-30(43)28(41)25(14-37)51-34(32)48-18-11-21(39)26-19(36-35(45)49-17-6-4-3-5-7-17)13-23(50-24(26)12-18)16-8-9-22(46-2)20(38)10-16/h3-13,15,25,27-34,37-44H,14H2,1-2H3/b36-19+/t15-,25+,27-,28+,29+,30-,31+,32+,33-,34+/m0/s1. The molecule has 1 aromatic heterocycles. The molecular weight excluding hydrogens is 690 g/mol. The number of aliphatic hydroxyl groups is 6. The molecule has 0 bridgehead atoms. The zero-order chi connectivity index (χ0) is 37.3. The van der Waals surface area contributed by atoms with Crippen LogP contribution >= 0.6 is 0 Å². The van der Waals surface area contributed by atoms with Gasteiger partial charge in [0.25, 0.3) is 0 Å². The first-order chi connectivity index (χ1) is 24.9. The van der Waals surface area contributed by atoms with E-state index in [-0.39, 0.29) is 45.1 Å². The fourth-order valence-electron chi connectivity index (χ4n) is 5.82. The highest BCUT2D eigenvalue weighted by Gasteiger charge is 2.51. The van der Waals surface area contributed by atoms with Crippen molar-refractivity contribution in [3.63, 3.8) is 0 Å². The summed E-state index contributed by atoms with van der Waals surface area (Å²) in [6.07, 6.45) is -16.8. The number of aromatic hydroxyl groups is 2. The van der Waals surface area contributed by atoms with Crippen molar-refractivity contribution in [3.8, 4) is 40.1 Å². The van der Waals surface area contributed by atoms with Gasteiger partial charge in [-0.2, -0.15) is 4.99 Å². The predicted octanol–water partition coefficient (Wildman–Crippen LogP) is 0.650. The van der Waals surface area contributed by atoms with Gasteiger partial charge in [-0.25, -0.2) is 4.79 Å². The van der Waals surface area contributed by atoms with Crippen LogP contribution in [0.5, 0.6) is 28.7 Å². The zero-order valence-corrected chi connectivity index (χ0v) is 27.6. The minimum atomic E-state index is -1.81. The minimum absolute atomic E-state index is 0.0554. The maximum atomic E-state index is 12.9. The van der Waals surface area contributed by atoms with Crippen LogP contribution < -0.4 is 19.6 Å². The Morgan fingerprint density at radius 2 is 1.56 bits per heavy atom. The second-order valence-corrected chi connectivity index (χ2v) is 12.1. The van der Waals surface area contributed by atoms with Crippen molar-refractivity contribution in [1.82, 2.24) is 0 Å². The molecule has 6 rings (SSSR count). The summed E-state index contributed by atoms with van der Waals surface area (Å²) in [4.78, 5) is 17.0. The van der Waals surface area contributed by atoms with Crippen LogP contribution in [0, 0.1) is 0 Å². The molecule has 8 N–H and O–H groups in total. The van der Waals surface area contributed by atoms with Crippen molar-refractivity contribution < 1.29 is 78.5 Å². The van der Waals surface area contributed by atoms with E-state index in [0.29, 0.717) is 5.56 Å². The summed E-state index contributed by atoms with van der Waals surface area (Å²) in [5, 5.41) is 83.9. The molecule has 17 nitrogen and oxygen atoms in total. The molecule has 3 heterocycles. The number of carbonyl (C=O) groups is 1. The van der Waals surface area contributed by atoms with Gasteiger partial charge in [0.1, 0.15) is 65.2 Å². The average Bonchev–Trinajstić information content (AvgIpc) is 3.12. The summed E-state index contributed by atoms with van der Waals surface area (Å²) in [7, 11) is 1.38. The number of rotatable bonds is 8. The Labute approximate surface area is 294 Å². The van der Waals surface area contributed by atoms with Gasteiger partial charge in [-0.3, -0.25) is 0 Å². The first kappa shape index (κ1) is 37.0. The molecule has 0 unspecified atom stereocenters. The summed E-state index contributed by atoms with van der Waals surface area (Å²) in [6, 6.07) is 16.3. The third kappa shape index (κ3) is 7.54. The van der Waals surface area contributed by atoms with Crippen molar-refractivity contribution in [3.05, 3.63) is 72.1 Å². The number of phenolic OH excluding ortho intramolecular Hbond substituents is 2. The number of benzene rings is 3. The number of para-hydroxylation sites is 1. The number of hydrogen-bond donors (Lipinski definition) is 8. The lowest BCUT2D eigenvalue weighted by atomic mass is 9.97. The molecule has 0 aliphatic carbocycles. The van der Waals surface area contributed by atoms with Crippen LogP contribution in [0.4, 0.5) is 4.79 Å². The summed E-state index contributed by atoms with van der Waals surface area (Å²) in [5.41, 5.74) is 0.219. The van der Waals surface area contributed by atoms with Gasteiger partial charge in [0, 0.05) is 23.8 Å². The van der Waals surface area contributed by atoms with Crippen molar-refractivity contribution in [2.75, 3.05) is 13.7 Å². The number of carbonyl (C=O) groups excluding carboxylic acids is 1. The molecule has 2 aliphatic heterocycles. The quantitative estimate of drug-likeness (QED) is 0.124. The van der Waals surface area contributed by atoms with Gasteiger partial charge in [-0.05, 0) is 37.3 Å². The molecule has 3 aromatic carbocycles. The van der Waals surface area contributed by atoms with E-state index in [2.05, 4.69) is 4.99 Å². The molecule has 4 aromatic rings. The molecule has 17 heteroatoms. The van der Waals surface area contributed by atoms with Crippen LogP contribution in [0.3, 0.4) is 0 Å². The summed E-state index contributed by atoms with van der Waals surface area (Å²) in [5.74, 6) is -0.435. The fourth-order valence-corrected chi connectivity index (χ4v) is 5.82. The average molecular weight is 728 g/mol. The van der Waals surface area contributed by atoms with Crippen LogP contribution in [-0.4, -0.2) is 122 Å². The molecule has 0 spiro atoms. The van der Waals surface area contributed by atoms with Gasteiger partial charge in [0.15, 0.2) is 23.9 Å². The lowest BCUT2D eigenvalue weighted by molar-refractivity contribution is -0.354. The van der Waals surface area contributed by atoms with Crippen LogP contribution in [0.25, 0.3) is 22.3 Å². The number of methoxy groups -OCH3 is 1. The van der Waals surface area contributed by atoms with Gasteiger partial charge in [-0.15, -0.1) is 0 Å². The molecule has 0 saturated carbocycles. The lowest BCUT2D eigenvalue weighted by Gasteiger charge is -2.45. The van der Waals surface area contributed by atoms with E-state index in [1.807, 2.05) is 0 Å². The number of amides is 1. The second kappa shape index (κ2) is 15.4. The van der Waals surface area contributed by atoms with Gasteiger partial charge >= 0.3 is 6.09 Å². The molecule has 52 heavy (non-hydrogen) atoms. The maximum absolute atomic E-state index is 12.9.